The Morgan fingerprint density at radius 1 is 0.228 bits per heavy atom. The molecule has 0 amide bonds. The van der Waals surface area contributed by atoms with Gasteiger partial charge in [0.25, 0.3) is 0 Å². The van der Waals surface area contributed by atoms with Crippen LogP contribution in [0.2, 0.25) is 0 Å². The first-order valence-electron chi connectivity index (χ1n) is 19.6. The molecule has 0 unspecified atom stereocenters. The second-order valence-corrected chi connectivity index (χ2v) is 15.9. The van der Waals surface area contributed by atoms with Gasteiger partial charge in [-0.2, -0.15) is 0 Å². The highest BCUT2D eigenvalue weighted by molar-refractivity contribution is 7.23. The highest BCUT2D eigenvalue weighted by Crippen LogP contribution is 2.47. The molecule has 11 rings (SSSR count). The summed E-state index contributed by atoms with van der Waals surface area (Å²) in [5.41, 5.74) is 13.7. The van der Waals surface area contributed by atoms with Crippen LogP contribution in [0.25, 0.3) is 108 Å². The van der Waals surface area contributed by atoms with E-state index in [1.807, 2.05) is 11.3 Å². The molecule has 0 atom stereocenters. The summed E-state index contributed by atoms with van der Waals surface area (Å²) in [4.78, 5) is 1.31. The van der Waals surface area contributed by atoms with Crippen molar-refractivity contribution in [1.29, 1.82) is 0 Å². The van der Waals surface area contributed by atoms with Crippen LogP contribution in [0.5, 0.6) is 0 Å². The van der Waals surface area contributed by atoms with E-state index in [-0.39, 0.29) is 0 Å². The third-order valence-corrected chi connectivity index (χ3v) is 12.7. The summed E-state index contributed by atoms with van der Waals surface area (Å²) in [6.45, 7) is 0. The number of benzene rings is 10. The molecule has 11 aromatic rings. The maximum Gasteiger partial charge on any atom is 0.0433 e. The lowest BCUT2D eigenvalue weighted by atomic mass is 9.85. The molecule has 0 bridgehead atoms. The zero-order chi connectivity index (χ0) is 37.7. The van der Waals surface area contributed by atoms with Gasteiger partial charge in [0.05, 0.1) is 0 Å². The SMILES string of the molecule is c1ccc(-c2sc3ccc(-c4ccc(-c5c6ccccc6c(-c6ccc(-c7ccc8ccccc8c7)cc6)c6ccccc56)cc4)cc3c2-c2ccccc2)cc1. The van der Waals surface area contributed by atoms with Gasteiger partial charge in [0.2, 0.25) is 0 Å². The summed E-state index contributed by atoms with van der Waals surface area (Å²) in [6.07, 6.45) is 0. The Morgan fingerprint density at radius 2 is 0.632 bits per heavy atom. The summed E-state index contributed by atoms with van der Waals surface area (Å²) in [7, 11) is 0. The van der Waals surface area contributed by atoms with Crippen LogP contribution in [-0.2, 0) is 0 Å². The van der Waals surface area contributed by atoms with Gasteiger partial charge in [0, 0.05) is 20.5 Å². The molecular weight excluding hydrogens is 705 g/mol. The molecule has 0 aliphatic rings. The van der Waals surface area contributed by atoms with Crippen LogP contribution in [0.15, 0.2) is 218 Å². The van der Waals surface area contributed by atoms with E-state index in [9.17, 15) is 0 Å². The summed E-state index contributed by atoms with van der Waals surface area (Å²) in [5, 5.41) is 8.87. The molecule has 0 saturated heterocycles. The molecule has 266 valence electrons. The van der Waals surface area contributed by atoms with Gasteiger partial charge in [-0.3, -0.25) is 0 Å². The fourth-order valence-corrected chi connectivity index (χ4v) is 9.95. The number of hydrogen-bond acceptors (Lipinski definition) is 1. The lowest BCUT2D eigenvalue weighted by molar-refractivity contribution is 1.62. The Balaban J connectivity index is 1.00. The van der Waals surface area contributed by atoms with Crippen molar-refractivity contribution in [2.75, 3.05) is 0 Å². The van der Waals surface area contributed by atoms with E-state index in [2.05, 4.69) is 218 Å². The van der Waals surface area contributed by atoms with E-state index in [1.165, 1.54) is 108 Å². The maximum absolute atomic E-state index is 2.39. The van der Waals surface area contributed by atoms with E-state index in [4.69, 9.17) is 0 Å². The molecule has 0 saturated carbocycles. The first kappa shape index (κ1) is 33.3. The fraction of sp³-hybridized carbons (Fsp3) is 0. The molecular formula is C56H36S. The lowest BCUT2D eigenvalue weighted by Crippen LogP contribution is -1.91. The molecule has 0 nitrogen and oxygen atoms in total. The van der Waals surface area contributed by atoms with Gasteiger partial charge in [-0.15, -0.1) is 11.3 Å². The zero-order valence-electron chi connectivity index (χ0n) is 31.2. The van der Waals surface area contributed by atoms with Crippen molar-refractivity contribution in [2.24, 2.45) is 0 Å². The van der Waals surface area contributed by atoms with Crippen LogP contribution in [0, 0.1) is 0 Å². The van der Waals surface area contributed by atoms with E-state index >= 15 is 0 Å². The zero-order valence-corrected chi connectivity index (χ0v) is 32.0. The Morgan fingerprint density at radius 3 is 1.19 bits per heavy atom. The van der Waals surface area contributed by atoms with Crippen LogP contribution in [0.3, 0.4) is 0 Å². The van der Waals surface area contributed by atoms with Gasteiger partial charge >= 0.3 is 0 Å². The van der Waals surface area contributed by atoms with Gasteiger partial charge in [-0.05, 0) is 106 Å². The van der Waals surface area contributed by atoms with Gasteiger partial charge < -0.3 is 0 Å². The van der Waals surface area contributed by atoms with Gasteiger partial charge in [-0.25, -0.2) is 0 Å². The van der Waals surface area contributed by atoms with Crippen molar-refractivity contribution in [3.63, 3.8) is 0 Å². The monoisotopic (exact) mass is 740 g/mol. The predicted octanol–water partition coefficient (Wildman–Crippen LogP) is 16.4. The third kappa shape index (κ3) is 5.84. The van der Waals surface area contributed by atoms with Crippen LogP contribution in [-0.4, -0.2) is 0 Å². The largest absolute Gasteiger partial charge is 0.135 e. The Labute approximate surface area is 336 Å². The smallest absolute Gasteiger partial charge is 0.0433 e. The molecule has 10 aromatic carbocycles. The van der Waals surface area contributed by atoms with Crippen molar-refractivity contribution in [3.8, 4) is 66.1 Å². The van der Waals surface area contributed by atoms with Crippen molar-refractivity contribution < 1.29 is 0 Å². The summed E-state index contributed by atoms with van der Waals surface area (Å²) in [6, 6.07) is 80.1. The van der Waals surface area contributed by atoms with E-state index in [0.29, 0.717) is 0 Å². The van der Waals surface area contributed by atoms with E-state index < -0.39 is 0 Å². The number of fused-ring (bicyclic) bond motifs is 4. The second-order valence-electron chi connectivity index (χ2n) is 14.8. The molecule has 0 fully saturated rings. The van der Waals surface area contributed by atoms with Crippen LogP contribution in [0.1, 0.15) is 0 Å². The summed E-state index contributed by atoms with van der Waals surface area (Å²) in [5.74, 6) is 0. The molecule has 1 heterocycles. The minimum atomic E-state index is 1.21. The van der Waals surface area contributed by atoms with Gasteiger partial charge in [0.15, 0.2) is 0 Å². The van der Waals surface area contributed by atoms with Crippen LogP contribution < -0.4 is 0 Å². The summed E-state index contributed by atoms with van der Waals surface area (Å²) < 4.78 is 1.30. The number of hydrogen-bond donors (Lipinski definition) is 0. The second kappa shape index (κ2) is 13.9. The van der Waals surface area contributed by atoms with Crippen molar-refractivity contribution in [2.45, 2.75) is 0 Å². The highest BCUT2D eigenvalue weighted by atomic mass is 32.1. The molecule has 0 aliphatic heterocycles. The normalized spacial score (nSPS) is 11.5. The van der Waals surface area contributed by atoms with Crippen LogP contribution >= 0.6 is 11.3 Å². The molecule has 0 radical (unpaired) electrons. The Hall–Kier alpha value is -7.06. The maximum atomic E-state index is 2.39. The Bertz CT molecular complexity index is 3190. The van der Waals surface area contributed by atoms with E-state index in [0.717, 1.165) is 0 Å². The van der Waals surface area contributed by atoms with Gasteiger partial charge in [-0.1, -0.05) is 200 Å². The number of thiophene rings is 1. The molecule has 0 N–H and O–H groups in total. The van der Waals surface area contributed by atoms with Crippen LogP contribution in [0.4, 0.5) is 0 Å². The van der Waals surface area contributed by atoms with Gasteiger partial charge in [0.1, 0.15) is 0 Å². The molecule has 0 spiro atoms. The standard InChI is InChI=1S/C56H36S/c1-3-14-40(15-4-1)55-51-36-46(33-34-52(51)57-56(55)43-16-5-2-6-17-43)39-25-30-42(31-26-39)54-49-21-11-9-19-47(49)53(48-20-10-12-22-50(48)54)41-28-23-38(24-29-41)45-32-27-37-13-7-8-18-44(37)35-45/h1-36H. The highest BCUT2D eigenvalue weighted by Gasteiger charge is 2.19. The van der Waals surface area contributed by atoms with E-state index in [1.54, 1.807) is 0 Å². The molecule has 57 heavy (non-hydrogen) atoms. The number of rotatable bonds is 6. The van der Waals surface area contributed by atoms with Crippen molar-refractivity contribution >= 4 is 53.7 Å². The first-order chi connectivity index (χ1) is 28.3. The molecule has 1 heteroatoms. The quantitative estimate of drug-likeness (QED) is 0.149. The van der Waals surface area contributed by atoms with Crippen molar-refractivity contribution in [3.05, 3.63) is 218 Å². The Kier molecular flexibility index (Phi) is 8.12. The fourth-order valence-electron chi connectivity index (χ4n) is 8.74. The third-order valence-electron chi connectivity index (χ3n) is 11.5. The average Bonchev–Trinajstić information content (AvgIpc) is 3.68. The lowest BCUT2D eigenvalue weighted by Gasteiger charge is -2.18. The first-order valence-corrected chi connectivity index (χ1v) is 20.4. The van der Waals surface area contributed by atoms with Crippen molar-refractivity contribution in [1.82, 2.24) is 0 Å². The molecule has 1 aromatic heterocycles. The summed E-state index contributed by atoms with van der Waals surface area (Å²) >= 11 is 1.88. The average molecular weight is 741 g/mol. The predicted molar refractivity (Wildman–Crippen MR) is 247 cm³/mol. The topological polar surface area (TPSA) is 0 Å². The minimum Gasteiger partial charge on any atom is -0.135 e. The molecule has 0 aliphatic carbocycles. The minimum absolute atomic E-state index is 1.21.